The van der Waals surface area contributed by atoms with Crippen LogP contribution in [0.15, 0.2) is 4.99 Å². The van der Waals surface area contributed by atoms with E-state index in [1.807, 2.05) is 6.92 Å². The zero-order chi connectivity index (χ0) is 12.2. The SMILES string of the molecule is CC(N)=NC[C@H](C)[C@H](S)[C@@](C)(N)C(=O)O. The van der Waals surface area contributed by atoms with E-state index in [0.717, 1.165) is 0 Å². The van der Waals surface area contributed by atoms with E-state index in [9.17, 15) is 4.79 Å². The van der Waals surface area contributed by atoms with Crippen molar-refractivity contribution in [3.05, 3.63) is 0 Å². The first-order chi connectivity index (χ1) is 6.69. The maximum absolute atomic E-state index is 10.9. The van der Waals surface area contributed by atoms with Crippen LogP contribution in [-0.4, -0.2) is 34.2 Å². The van der Waals surface area contributed by atoms with Crippen molar-refractivity contribution in [3.8, 4) is 0 Å². The molecule has 0 heterocycles. The first-order valence-electron chi connectivity index (χ1n) is 4.66. The van der Waals surface area contributed by atoms with E-state index in [1.54, 1.807) is 6.92 Å². The number of hydrogen-bond acceptors (Lipinski definition) is 4. The Hall–Kier alpha value is -0.750. The van der Waals surface area contributed by atoms with E-state index >= 15 is 0 Å². The number of aliphatic carboxylic acids is 1. The Balaban J connectivity index is 4.50. The van der Waals surface area contributed by atoms with Crippen LogP contribution < -0.4 is 11.5 Å². The maximum Gasteiger partial charge on any atom is 0.324 e. The van der Waals surface area contributed by atoms with Crippen LogP contribution in [0.1, 0.15) is 20.8 Å². The number of nitrogens with two attached hydrogens (primary N) is 2. The molecule has 0 radical (unpaired) electrons. The van der Waals surface area contributed by atoms with Gasteiger partial charge in [-0.05, 0) is 19.8 Å². The predicted octanol–water partition coefficient (Wildman–Crippen LogP) is 0.100. The molecule has 0 aromatic carbocycles. The fraction of sp³-hybridized carbons (Fsp3) is 0.778. The van der Waals surface area contributed by atoms with Crippen LogP contribution >= 0.6 is 12.6 Å². The Morgan fingerprint density at radius 2 is 2.13 bits per heavy atom. The van der Waals surface area contributed by atoms with Crippen LogP contribution in [-0.2, 0) is 4.79 Å². The van der Waals surface area contributed by atoms with E-state index in [-0.39, 0.29) is 5.92 Å². The lowest BCUT2D eigenvalue weighted by atomic mass is 9.90. The Morgan fingerprint density at radius 3 is 2.47 bits per heavy atom. The molecule has 5 nitrogen and oxygen atoms in total. The number of amidine groups is 1. The Kier molecular flexibility index (Phi) is 5.10. The smallest absolute Gasteiger partial charge is 0.324 e. The van der Waals surface area contributed by atoms with Gasteiger partial charge in [-0.3, -0.25) is 9.79 Å². The van der Waals surface area contributed by atoms with E-state index in [2.05, 4.69) is 17.6 Å². The van der Waals surface area contributed by atoms with Gasteiger partial charge in [-0.2, -0.15) is 12.6 Å². The highest BCUT2D eigenvalue weighted by atomic mass is 32.1. The van der Waals surface area contributed by atoms with Gasteiger partial charge >= 0.3 is 5.97 Å². The average Bonchev–Trinajstić information content (AvgIpc) is 2.12. The fourth-order valence-electron chi connectivity index (χ4n) is 1.11. The molecule has 0 aliphatic rings. The summed E-state index contributed by atoms with van der Waals surface area (Å²) in [5, 5.41) is 8.43. The lowest BCUT2D eigenvalue weighted by molar-refractivity contribution is -0.142. The highest BCUT2D eigenvalue weighted by Crippen LogP contribution is 2.21. The van der Waals surface area contributed by atoms with Gasteiger partial charge in [0.05, 0.1) is 5.84 Å². The summed E-state index contributed by atoms with van der Waals surface area (Å²) in [6, 6.07) is 0. The van der Waals surface area contributed by atoms with Crippen molar-refractivity contribution in [3.63, 3.8) is 0 Å². The van der Waals surface area contributed by atoms with Crippen LogP contribution in [0.4, 0.5) is 0 Å². The Bertz CT molecular complexity index is 262. The second kappa shape index (κ2) is 5.37. The van der Waals surface area contributed by atoms with Crippen LogP contribution in [0.5, 0.6) is 0 Å². The molecular formula is C9H19N3O2S. The summed E-state index contributed by atoms with van der Waals surface area (Å²) in [6.07, 6.45) is 0. The van der Waals surface area contributed by atoms with Gasteiger partial charge in [0.2, 0.25) is 0 Å². The topological polar surface area (TPSA) is 102 Å². The lowest BCUT2D eigenvalue weighted by Gasteiger charge is -2.30. The van der Waals surface area contributed by atoms with Crippen LogP contribution in [0.2, 0.25) is 0 Å². The van der Waals surface area contributed by atoms with Gasteiger partial charge in [0.1, 0.15) is 5.54 Å². The third kappa shape index (κ3) is 4.09. The molecule has 0 aliphatic heterocycles. The number of carboxylic acids is 1. The number of hydrogen-bond donors (Lipinski definition) is 4. The molecule has 0 saturated heterocycles. The molecular weight excluding hydrogens is 214 g/mol. The molecule has 0 bridgehead atoms. The van der Waals surface area contributed by atoms with E-state index < -0.39 is 16.8 Å². The number of aliphatic imine (C=N–C) groups is 1. The minimum Gasteiger partial charge on any atom is -0.480 e. The minimum absolute atomic E-state index is 0.0575. The van der Waals surface area contributed by atoms with Crippen molar-refractivity contribution in [1.29, 1.82) is 0 Å². The molecule has 0 fully saturated rings. The van der Waals surface area contributed by atoms with Gasteiger partial charge in [-0.15, -0.1) is 0 Å². The van der Waals surface area contributed by atoms with Crippen LogP contribution in [0, 0.1) is 5.92 Å². The number of carboxylic acid groups (broad SMARTS) is 1. The fourth-order valence-corrected chi connectivity index (χ4v) is 1.31. The minimum atomic E-state index is -1.36. The number of carbonyl (C=O) groups is 1. The molecule has 3 atom stereocenters. The first kappa shape index (κ1) is 14.2. The molecule has 5 N–H and O–H groups in total. The molecule has 0 spiro atoms. The summed E-state index contributed by atoms with van der Waals surface area (Å²) in [5.74, 6) is -0.655. The highest BCUT2D eigenvalue weighted by molar-refractivity contribution is 7.81. The van der Waals surface area contributed by atoms with E-state index in [4.69, 9.17) is 16.6 Å². The van der Waals surface area contributed by atoms with Crippen molar-refractivity contribution in [2.75, 3.05) is 6.54 Å². The van der Waals surface area contributed by atoms with Gasteiger partial charge in [0.15, 0.2) is 0 Å². The van der Waals surface area contributed by atoms with Crippen molar-refractivity contribution in [2.24, 2.45) is 22.4 Å². The molecule has 6 heteroatoms. The van der Waals surface area contributed by atoms with Crippen LogP contribution in [0.3, 0.4) is 0 Å². The van der Waals surface area contributed by atoms with E-state index in [1.165, 1.54) is 6.92 Å². The summed E-state index contributed by atoms with van der Waals surface area (Å²) < 4.78 is 0. The Morgan fingerprint density at radius 1 is 1.67 bits per heavy atom. The molecule has 0 unspecified atom stereocenters. The molecule has 0 aliphatic carbocycles. The van der Waals surface area contributed by atoms with Crippen molar-refractivity contribution in [2.45, 2.75) is 31.6 Å². The normalized spacial score (nSPS) is 20.5. The highest BCUT2D eigenvalue weighted by Gasteiger charge is 2.38. The zero-order valence-electron chi connectivity index (χ0n) is 9.27. The Labute approximate surface area is 95.3 Å². The summed E-state index contributed by atoms with van der Waals surface area (Å²) in [4.78, 5) is 14.9. The van der Waals surface area contributed by atoms with Gasteiger partial charge < -0.3 is 16.6 Å². The van der Waals surface area contributed by atoms with Gasteiger partial charge in [-0.1, -0.05) is 6.92 Å². The standard InChI is InChI=1S/C9H19N3O2S/c1-5(4-12-6(2)10)7(15)9(3,11)8(13)14/h5,7,15H,4,11H2,1-3H3,(H2,10,12)(H,13,14)/t5-,7-,9+/m0/s1. The molecule has 88 valence electrons. The monoisotopic (exact) mass is 233 g/mol. The number of thiol groups is 1. The lowest BCUT2D eigenvalue weighted by Crippen LogP contribution is -2.55. The van der Waals surface area contributed by atoms with Gasteiger partial charge in [0, 0.05) is 11.8 Å². The van der Waals surface area contributed by atoms with Crippen molar-refractivity contribution in [1.82, 2.24) is 0 Å². The second-order valence-corrected chi connectivity index (χ2v) is 4.55. The largest absolute Gasteiger partial charge is 0.480 e. The summed E-state index contributed by atoms with van der Waals surface area (Å²) in [6.45, 7) is 5.40. The van der Waals surface area contributed by atoms with Crippen molar-refractivity contribution >= 4 is 24.4 Å². The number of nitrogens with zero attached hydrogens (tertiary/aromatic N) is 1. The van der Waals surface area contributed by atoms with Crippen LogP contribution in [0.25, 0.3) is 0 Å². The van der Waals surface area contributed by atoms with Crippen molar-refractivity contribution < 1.29 is 9.90 Å². The third-order valence-corrected chi connectivity index (χ3v) is 3.29. The average molecular weight is 233 g/mol. The quantitative estimate of drug-likeness (QED) is 0.307. The zero-order valence-corrected chi connectivity index (χ0v) is 10.2. The second-order valence-electron chi connectivity index (χ2n) is 3.99. The summed E-state index contributed by atoms with van der Waals surface area (Å²) in [5.41, 5.74) is 9.68. The molecule has 0 aromatic rings. The molecule has 0 amide bonds. The summed E-state index contributed by atoms with van der Waals surface area (Å²) >= 11 is 4.23. The van der Waals surface area contributed by atoms with E-state index in [0.29, 0.717) is 12.4 Å². The molecule has 15 heavy (non-hydrogen) atoms. The molecule has 0 saturated carbocycles. The van der Waals surface area contributed by atoms with Gasteiger partial charge in [-0.25, -0.2) is 0 Å². The predicted molar refractivity (Wildman–Crippen MR) is 64.3 cm³/mol. The third-order valence-electron chi connectivity index (χ3n) is 2.24. The maximum atomic E-state index is 10.9. The summed E-state index contributed by atoms with van der Waals surface area (Å²) in [7, 11) is 0. The molecule has 0 aromatic heterocycles. The molecule has 0 rings (SSSR count). The first-order valence-corrected chi connectivity index (χ1v) is 5.18. The number of rotatable bonds is 5. The van der Waals surface area contributed by atoms with Gasteiger partial charge in [0.25, 0.3) is 0 Å².